The second-order valence-electron chi connectivity index (χ2n) is 3.85. The minimum Gasteiger partial charge on any atom is -0.214 e. The van der Waals surface area contributed by atoms with Crippen LogP contribution in [0.5, 0.6) is 0 Å². The van der Waals surface area contributed by atoms with Gasteiger partial charge in [-0.15, -0.1) is 0 Å². The highest BCUT2D eigenvalue weighted by Gasteiger charge is 2.15. The van der Waals surface area contributed by atoms with Gasteiger partial charge in [-0.25, -0.2) is 13.1 Å². The van der Waals surface area contributed by atoms with Gasteiger partial charge in [0.1, 0.15) is 0 Å². The highest BCUT2D eigenvalue weighted by molar-refractivity contribution is 7.89. The Kier molecular flexibility index (Phi) is 2.80. The standard InChI is InChI=1S/C11H15NO2S/c1-12-15(13,14)11-7-6-9-4-2-3-5-10(9)8-11/h6-8,12H,2-5H2,1H3. The fraction of sp³-hybridized carbons (Fsp3) is 0.455. The number of rotatable bonds is 2. The maximum atomic E-state index is 11.6. The Morgan fingerprint density at radius 3 is 2.47 bits per heavy atom. The van der Waals surface area contributed by atoms with Crippen LogP contribution in [0.3, 0.4) is 0 Å². The lowest BCUT2D eigenvalue weighted by atomic mass is 9.92. The fourth-order valence-corrected chi connectivity index (χ4v) is 2.78. The lowest BCUT2D eigenvalue weighted by Gasteiger charge is -2.16. The van der Waals surface area contributed by atoms with Crippen molar-refractivity contribution in [2.75, 3.05) is 7.05 Å². The van der Waals surface area contributed by atoms with Crippen molar-refractivity contribution >= 4 is 10.0 Å². The quantitative estimate of drug-likeness (QED) is 0.828. The number of nitrogens with one attached hydrogen (secondary N) is 1. The average Bonchev–Trinajstić information content (AvgIpc) is 2.28. The molecule has 0 unspecified atom stereocenters. The van der Waals surface area contributed by atoms with Gasteiger partial charge in [-0.2, -0.15) is 0 Å². The molecule has 1 aromatic carbocycles. The van der Waals surface area contributed by atoms with Crippen molar-refractivity contribution in [1.82, 2.24) is 4.72 Å². The molecule has 0 aromatic heterocycles. The number of sulfonamides is 1. The summed E-state index contributed by atoms with van der Waals surface area (Å²) in [5.74, 6) is 0. The Labute approximate surface area is 90.6 Å². The SMILES string of the molecule is CNS(=O)(=O)c1ccc2c(c1)CCCC2. The zero-order chi connectivity index (χ0) is 10.9. The summed E-state index contributed by atoms with van der Waals surface area (Å²) in [6.07, 6.45) is 4.46. The molecular weight excluding hydrogens is 210 g/mol. The maximum Gasteiger partial charge on any atom is 0.240 e. The van der Waals surface area contributed by atoms with Crippen molar-refractivity contribution in [3.63, 3.8) is 0 Å². The molecule has 0 saturated heterocycles. The first-order valence-electron chi connectivity index (χ1n) is 5.19. The van der Waals surface area contributed by atoms with E-state index >= 15 is 0 Å². The first kappa shape index (κ1) is 10.6. The third kappa shape index (κ3) is 2.06. The van der Waals surface area contributed by atoms with Gasteiger partial charge in [0.15, 0.2) is 0 Å². The smallest absolute Gasteiger partial charge is 0.214 e. The molecule has 0 bridgehead atoms. The first-order valence-corrected chi connectivity index (χ1v) is 6.67. The van der Waals surface area contributed by atoms with E-state index in [1.165, 1.54) is 24.6 Å². The molecule has 1 aliphatic carbocycles. The minimum atomic E-state index is -3.28. The van der Waals surface area contributed by atoms with Crippen molar-refractivity contribution in [2.24, 2.45) is 0 Å². The molecule has 15 heavy (non-hydrogen) atoms. The second-order valence-corrected chi connectivity index (χ2v) is 5.73. The van der Waals surface area contributed by atoms with Crippen LogP contribution in [0.4, 0.5) is 0 Å². The van der Waals surface area contributed by atoms with Gasteiger partial charge in [-0.3, -0.25) is 0 Å². The normalized spacial score (nSPS) is 16.1. The van der Waals surface area contributed by atoms with E-state index in [4.69, 9.17) is 0 Å². The number of benzene rings is 1. The lowest BCUT2D eigenvalue weighted by molar-refractivity contribution is 0.587. The van der Waals surface area contributed by atoms with Crippen LogP contribution in [-0.4, -0.2) is 15.5 Å². The van der Waals surface area contributed by atoms with Gasteiger partial charge >= 0.3 is 0 Å². The van der Waals surface area contributed by atoms with Gasteiger partial charge in [0, 0.05) is 0 Å². The summed E-state index contributed by atoms with van der Waals surface area (Å²) < 4.78 is 25.5. The van der Waals surface area contributed by atoms with E-state index in [9.17, 15) is 8.42 Å². The molecule has 0 amide bonds. The summed E-state index contributed by atoms with van der Waals surface area (Å²) >= 11 is 0. The predicted molar refractivity (Wildman–Crippen MR) is 59.3 cm³/mol. The molecule has 82 valence electrons. The Morgan fingerprint density at radius 2 is 1.80 bits per heavy atom. The number of hydrogen-bond acceptors (Lipinski definition) is 2. The fourth-order valence-electron chi connectivity index (χ4n) is 1.99. The Balaban J connectivity index is 2.45. The van der Waals surface area contributed by atoms with E-state index < -0.39 is 10.0 Å². The monoisotopic (exact) mass is 225 g/mol. The molecule has 0 heterocycles. The van der Waals surface area contributed by atoms with Crippen molar-refractivity contribution in [2.45, 2.75) is 30.6 Å². The van der Waals surface area contributed by atoms with Crippen LogP contribution in [0, 0.1) is 0 Å². The van der Waals surface area contributed by atoms with E-state index in [0.29, 0.717) is 4.90 Å². The third-order valence-corrected chi connectivity index (χ3v) is 4.31. The van der Waals surface area contributed by atoms with Crippen LogP contribution in [0.25, 0.3) is 0 Å². The molecule has 0 atom stereocenters. The van der Waals surface area contributed by atoms with Crippen molar-refractivity contribution in [1.29, 1.82) is 0 Å². The summed E-state index contributed by atoms with van der Waals surface area (Å²) in [5, 5.41) is 0. The average molecular weight is 225 g/mol. The largest absolute Gasteiger partial charge is 0.240 e. The number of hydrogen-bond donors (Lipinski definition) is 1. The van der Waals surface area contributed by atoms with Crippen LogP contribution in [0.15, 0.2) is 23.1 Å². The minimum absolute atomic E-state index is 0.380. The van der Waals surface area contributed by atoms with Crippen molar-refractivity contribution < 1.29 is 8.42 Å². The molecule has 3 nitrogen and oxygen atoms in total. The van der Waals surface area contributed by atoms with E-state index in [0.717, 1.165) is 19.3 Å². The Bertz CT molecular complexity index is 465. The summed E-state index contributed by atoms with van der Waals surface area (Å²) in [5.41, 5.74) is 2.49. The van der Waals surface area contributed by atoms with Crippen LogP contribution in [0.1, 0.15) is 24.0 Å². The van der Waals surface area contributed by atoms with Crippen LogP contribution in [0.2, 0.25) is 0 Å². The Hall–Kier alpha value is -0.870. The summed E-state index contributed by atoms with van der Waals surface area (Å²) in [7, 11) is -1.84. The molecule has 2 rings (SSSR count). The molecule has 0 saturated carbocycles. The van der Waals surface area contributed by atoms with Gasteiger partial charge in [-0.1, -0.05) is 6.07 Å². The van der Waals surface area contributed by atoms with E-state index in [1.54, 1.807) is 12.1 Å². The molecule has 0 fully saturated rings. The maximum absolute atomic E-state index is 11.6. The molecule has 0 spiro atoms. The van der Waals surface area contributed by atoms with Gasteiger partial charge in [0.05, 0.1) is 4.90 Å². The molecular formula is C11H15NO2S. The summed E-state index contributed by atoms with van der Waals surface area (Å²) in [4.78, 5) is 0.380. The van der Waals surface area contributed by atoms with Crippen LogP contribution < -0.4 is 4.72 Å². The van der Waals surface area contributed by atoms with E-state index in [1.807, 2.05) is 6.07 Å². The summed E-state index contributed by atoms with van der Waals surface area (Å²) in [6, 6.07) is 5.44. The van der Waals surface area contributed by atoms with E-state index in [2.05, 4.69) is 4.72 Å². The lowest BCUT2D eigenvalue weighted by Crippen LogP contribution is -2.19. The van der Waals surface area contributed by atoms with Crippen molar-refractivity contribution in [3.8, 4) is 0 Å². The number of fused-ring (bicyclic) bond motifs is 1. The van der Waals surface area contributed by atoms with Gasteiger partial charge in [0.2, 0.25) is 10.0 Å². The van der Waals surface area contributed by atoms with Crippen molar-refractivity contribution in [3.05, 3.63) is 29.3 Å². The van der Waals surface area contributed by atoms with Crippen LogP contribution >= 0.6 is 0 Å². The topological polar surface area (TPSA) is 46.2 Å². The molecule has 0 radical (unpaired) electrons. The van der Waals surface area contributed by atoms with Crippen LogP contribution in [-0.2, 0) is 22.9 Å². The highest BCUT2D eigenvalue weighted by atomic mass is 32.2. The van der Waals surface area contributed by atoms with Gasteiger partial charge < -0.3 is 0 Å². The molecule has 1 N–H and O–H groups in total. The predicted octanol–water partition coefficient (Wildman–Crippen LogP) is 1.47. The Morgan fingerprint density at radius 1 is 1.13 bits per heavy atom. The van der Waals surface area contributed by atoms with Gasteiger partial charge in [-0.05, 0) is 56.0 Å². The molecule has 1 aromatic rings. The highest BCUT2D eigenvalue weighted by Crippen LogP contribution is 2.23. The summed E-state index contributed by atoms with van der Waals surface area (Å²) in [6.45, 7) is 0. The zero-order valence-electron chi connectivity index (χ0n) is 8.79. The molecule has 1 aliphatic rings. The molecule has 0 aliphatic heterocycles. The van der Waals surface area contributed by atoms with Gasteiger partial charge in [0.25, 0.3) is 0 Å². The third-order valence-electron chi connectivity index (χ3n) is 2.90. The zero-order valence-corrected chi connectivity index (χ0v) is 9.60. The van der Waals surface area contributed by atoms with E-state index in [-0.39, 0.29) is 0 Å². The second kappa shape index (κ2) is 3.94. The first-order chi connectivity index (χ1) is 7.13. The molecule has 4 heteroatoms. The number of aryl methyl sites for hydroxylation is 2.